The maximum atomic E-state index is 13.0. The first-order chi connectivity index (χ1) is 41.7. The highest BCUT2D eigenvalue weighted by Gasteiger charge is 2.30. The smallest absolute Gasteiger partial charge is 0.462 e. The molecule has 3 N–H and O–H groups in total. The highest BCUT2D eigenvalue weighted by molar-refractivity contribution is 7.47. The minimum absolute atomic E-state index is 0.101. The van der Waals surface area contributed by atoms with Gasteiger partial charge in [0, 0.05) is 25.7 Å². The van der Waals surface area contributed by atoms with Crippen molar-refractivity contribution in [1.29, 1.82) is 0 Å². The van der Waals surface area contributed by atoms with Crippen LogP contribution in [0.15, 0.2) is 0 Å². The molecule has 0 aliphatic carbocycles. The second kappa shape index (κ2) is 57.9. The van der Waals surface area contributed by atoms with Gasteiger partial charge in [-0.3, -0.25) is 37.3 Å². The molecule has 19 heteroatoms. The van der Waals surface area contributed by atoms with Crippen LogP contribution in [0.1, 0.15) is 331 Å². The van der Waals surface area contributed by atoms with E-state index in [-0.39, 0.29) is 25.7 Å². The number of carbonyl (C=O) groups excluding carboxylic acids is 4. The largest absolute Gasteiger partial charge is 0.472 e. The Balaban J connectivity index is 5.17. The summed E-state index contributed by atoms with van der Waals surface area (Å²) in [7, 11) is -9.89. The number of aliphatic hydroxyl groups is 1. The Hall–Kier alpha value is -1.94. The molecule has 0 fully saturated rings. The fourth-order valence-electron chi connectivity index (χ4n) is 10.1. The van der Waals surface area contributed by atoms with Crippen LogP contribution in [0.25, 0.3) is 0 Å². The summed E-state index contributed by atoms with van der Waals surface area (Å²) in [6.45, 7) is 14.0. The van der Waals surface area contributed by atoms with E-state index in [9.17, 15) is 43.2 Å². The second-order valence-corrected chi connectivity index (χ2v) is 28.9. The third-order valence-electron chi connectivity index (χ3n) is 16.3. The molecular formula is C68H132O17P2. The number of esters is 4. The van der Waals surface area contributed by atoms with Gasteiger partial charge in [-0.05, 0) is 49.4 Å². The average Bonchev–Trinajstić information content (AvgIpc) is 3.56. The van der Waals surface area contributed by atoms with Crippen molar-refractivity contribution in [3.63, 3.8) is 0 Å². The summed E-state index contributed by atoms with van der Waals surface area (Å²) >= 11 is 0. The van der Waals surface area contributed by atoms with Crippen molar-refractivity contribution in [3.05, 3.63) is 0 Å². The number of phosphoric ester groups is 2. The molecule has 0 aromatic carbocycles. The average molecular weight is 1280 g/mol. The molecule has 516 valence electrons. The molecule has 0 amide bonds. The van der Waals surface area contributed by atoms with Crippen LogP contribution in [-0.4, -0.2) is 96.7 Å². The molecule has 0 saturated heterocycles. The normalized spacial score (nSPS) is 15.0. The van der Waals surface area contributed by atoms with E-state index in [1.807, 2.05) is 0 Å². The number of ether oxygens (including phenoxy) is 4. The molecule has 0 aromatic heterocycles. The molecule has 0 heterocycles. The maximum absolute atomic E-state index is 13.0. The van der Waals surface area contributed by atoms with E-state index >= 15 is 0 Å². The van der Waals surface area contributed by atoms with Gasteiger partial charge in [-0.2, -0.15) is 0 Å². The van der Waals surface area contributed by atoms with Crippen LogP contribution >= 0.6 is 15.6 Å². The van der Waals surface area contributed by atoms with E-state index in [0.29, 0.717) is 37.5 Å². The zero-order chi connectivity index (χ0) is 64.7. The summed E-state index contributed by atoms with van der Waals surface area (Å²) in [5, 5.41) is 10.6. The van der Waals surface area contributed by atoms with Gasteiger partial charge < -0.3 is 33.8 Å². The van der Waals surface area contributed by atoms with Crippen molar-refractivity contribution in [3.8, 4) is 0 Å². The van der Waals surface area contributed by atoms with Gasteiger partial charge in [0.2, 0.25) is 0 Å². The lowest BCUT2D eigenvalue weighted by Gasteiger charge is -2.21. The zero-order valence-corrected chi connectivity index (χ0v) is 58.4. The highest BCUT2D eigenvalue weighted by Crippen LogP contribution is 2.45. The maximum Gasteiger partial charge on any atom is 0.472 e. The molecule has 17 nitrogen and oxygen atoms in total. The van der Waals surface area contributed by atoms with E-state index in [2.05, 4.69) is 55.4 Å². The van der Waals surface area contributed by atoms with Crippen LogP contribution in [0.2, 0.25) is 0 Å². The van der Waals surface area contributed by atoms with Crippen LogP contribution in [-0.2, 0) is 65.4 Å². The third-order valence-corrected chi connectivity index (χ3v) is 18.2. The monoisotopic (exact) mass is 1280 g/mol. The quantitative estimate of drug-likeness (QED) is 0.0222. The van der Waals surface area contributed by atoms with Crippen molar-refractivity contribution in [2.24, 2.45) is 23.7 Å². The lowest BCUT2D eigenvalue weighted by Crippen LogP contribution is -2.30. The van der Waals surface area contributed by atoms with Crippen molar-refractivity contribution in [2.45, 2.75) is 350 Å². The summed E-state index contributed by atoms with van der Waals surface area (Å²) in [5.41, 5.74) is 0. The predicted molar refractivity (Wildman–Crippen MR) is 349 cm³/mol. The molecule has 0 aromatic rings. The van der Waals surface area contributed by atoms with Crippen LogP contribution in [0, 0.1) is 23.7 Å². The van der Waals surface area contributed by atoms with Gasteiger partial charge in [0.05, 0.1) is 26.4 Å². The summed E-state index contributed by atoms with van der Waals surface area (Å²) in [6.07, 6.45) is 39.3. The Morgan fingerprint density at radius 3 is 0.816 bits per heavy atom. The van der Waals surface area contributed by atoms with Crippen LogP contribution in [0.3, 0.4) is 0 Å². The number of carbonyl (C=O) groups is 4. The summed E-state index contributed by atoms with van der Waals surface area (Å²) in [6, 6.07) is 0. The van der Waals surface area contributed by atoms with Crippen LogP contribution < -0.4 is 0 Å². The van der Waals surface area contributed by atoms with E-state index in [1.165, 1.54) is 128 Å². The first kappa shape index (κ1) is 85.1. The molecule has 87 heavy (non-hydrogen) atoms. The molecule has 0 saturated carbocycles. The van der Waals surface area contributed by atoms with E-state index in [1.54, 1.807) is 0 Å². The Labute approximate surface area is 530 Å². The van der Waals surface area contributed by atoms with Crippen molar-refractivity contribution < 1.29 is 80.2 Å². The van der Waals surface area contributed by atoms with Gasteiger partial charge in [0.25, 0.3) is 0 Å². The lowest BCUT2D eigenvalue weighted by atomic mass is 9.99. The number of phosphoric acid groups is 2. The van der Waals surface area contributed by atoms with Crippen LogP contribution in [0.5, 0.6) is 0 Å². The van der Waals surface area contributed by atoms with Gasteiger partial charge >= 0.3 is 39.5 Å². The summed E-state index contributed by atoms with van der Waals surface area (Å²) < 4.78 is 68.1. The highest BCUT2D eigenvalue weighted by atomic mass is 31.2. The molecule has 0 bridgehead atoms. The van der Waals surface area contributed by atoms with Gasteiger partial charge in [-0.25, -0.2) is 9.13 Å². The van der Waals surface area contributed by atoms with Crippen molar-refractivity contribution in [2.75, 3.05) is 39.6 Å². The zero-order valence-electron chi connectivity index (χ0n) is 56.6. The summed E-state index contributed by atoms with van der Waals surface area (Å²) in [5.74, 6) is 0.806. The number of rotatable bonds is 65. The topological polar surface area (TPSA) is 237 Å². The van der Waals surface area contributed by atoms with Gasteiger partial charge in [0.15, 0.2) is 12.2 Å². The van der Waals surface area contributed by atoms with E-state index in [4.69, 9.17) is 37.0 Å². The SMILES string of the molecule is CCC(C)CCCCCCCCCCCCCCCCC(=O)OC[C@H](COP(=O)(O)OC[C@@H](O)COP(=O)(O)OC[C@@H](COC(=O)CCCCCCCCC(C)CC)OC(=O)CCCCCCCCC(C)C)OC(=O)CCCCCCCCCC(C)C. The standard InChI is InChI=1S/C68H132O17P2/c1-9-60(7)46-38-30-21-17-15-13-11-12-14-16-18-22-32-40-48-65(70)78-54-63(84-67(72)50-42-34-23-19-20-28-36-44-58(3)4)56-82-86(74,75)80-52-62(69)53-81-87(76,77)83-57-64(85-68(73)51-43-35-26-24-29-37-45-59(5)6)55-79-66(71)49-41-33-27-25-31-39-47-61(8)10-2/h58-64,69H,9-57H2,1-8H3,(H,74,75)(H,76,77)/t60?,61?,62-,63-,64-/m1/s1. The molecule has 0 aliphatic heterocycles. The number of unbranched alkanes of at least 4 members (excludes halogenated alkanes) is 29. The minimum atomic E-state index is -4.95. The van der Waals surface area contributed by atoms with Crippen LogP contribution in [0.4, 0.5) is 0 Å². The van der Waals surface area contributed by atoms with Crippen molar-refractivity contribution in [1.82, 2.24) is 0 Å². The number of hydrogen-bond donors (Lipinski definition) is 3. The molecule has 7 atom stereocenters. The van der Waals surface area contributed by atoms with Gasteiger partial charge in [0.1, 0.15) is 19.3 Å². The molecule has 0 aliphatic rings. The minimum Gasteiger partial charge on any atom is -0.462 e. The Morgan fingerprint density at radius 2 is 0.552 bits per heavy atom. The number of hydrogen-bond acceptors (Lipinski definition) is 15. The van der Waals surface area contributed by atoms with Gasteiger partial charge in [-0.1, -0.05) is 280 Å². The fourth-order valence-corrected chi connectivity index (χ4v) is 11.7. The Bertz CT molecular complexity index is 1730. The Kier molecular flexibility index (Phi) is 56.6. The molecule has 4 unspecified atom stereocenters. The lowest BCUT2D eigenvalue weighted by molar-refractivity contribution is -0.161. The van der Waals surface area contributed by atoms with Gasteiger partial charge in [-0.15, -0.1) is 0 Å². The molecule has 0 radical (unpaired) electrons. The molecule has 0 spiro atoms. The second-order valence-electron chi connectivity index (χ2n) is 26.0. The third kappa shape index (κ3) is 60.1. The Morgan fingerprint density at radius 1 is 0.322 bits per heavy atom. The van der Waals surface area contributed by atoms with E-state index < -0.39 is 97.5 Å². The summed E-state index contributed by atoms with van der Waals surface area (Å²) in [4.78, 5) is 72.3. The molecular weight excluding hydrogens is 1150 g/mol. The first-order valence-electron chi connectivity index (χ1n) is 35.3. The van der Waals surface area contributed by atoms with Crippen molar-refractivity contribution >= 4 is 39.5 Å². The fraction of sp³-hybridized carbons (Fsp3) is 0.941. The van der Waals surface area contributed by atoms with E-state index in [0.717, 1.165) is 108 Å². The number of aliphatic hydroxyl groups excluding tert-OH is 1. The first-order valence-corrected chi connectivity index (χ1v) is 38.3. The predicted octanol–water partition coefficient (Wildman–Crippen LogP) is 18.9. The molecule has 0 rings (SSSR count).